The molecular formula is C17H26N2O3S2. The molecule has 3 heterocycles. The molecule has 0 N–H and O–H groups in total. The van der Waals surface area contributed by atoms with Gasteiger partial charge in [-0.25, -0.2) is 8.42 Å². The van der Waals surface area contributed by atoms with Gasteiger partial charge in [0.15, 0.2) is 0 Å². The highest BCUT2D eigenvalue weighted by Gasteiger charge is 2.37. The Bertz CT molecular complexity index is 683. The van der Waals surface area contributed by atoms with Gasteiger partial charge >= 0.3 is 0 Å². The van der Waals surface area contributed by atoms with Gasteiger partial charge in [-0.2, -0.15) is 4.31 Å². The third-order valence-electron chi connectivity index (χ3n) is 5.03. The molecule has 0 saturated carbocycles. The lowest BCUT2D eigenvalue weighted by Gasteiger charge is -2.41. The smallest absolute Gasteiger partial charge is 0.252 e. The van der Waals surface area contributed by atoms with Crippen molar-refractivity contribution in [2.45, 2.75) is 43.7 Å². The van der Waals surface area contributed by atoms with Gasteiger partial charge < -0.3 is 4.90 Å². The number of thiophene rings is 1. The van der Waals surface area contributed by atoms with Crippen molar-refractivity contribution in [1.29, 1.82) is 0 Å². The summed E-state index contributed by atoms with van der Waals surface area (Å²) in [6.45, 7) is 6.80. The SMILES string of the molecule is CC1(C)CCCN(C(=O)[C@@H]2CCCN(S(=O)(=O)c3cccs3)C2)C1. The van der Waals surface area contributed by atoms with Crippen LogP contribution in [0.5, 0.6) is 0 Å². The van der Waals surface area contributed by atoms with Crippen molar-refractivity contribution in [1.82, 2.24) is 9.21 Å². The zero-order chi connectivity index (χ0) is 17.4. The Morgan fingerprint density at radius 1 is 1.29 bits per heavy atom. The molecular weight excluding hydrogens is 344 g/mol. The number of nitrogens with zero attached hydrogens (tertiary/aromatic N) is 2. The Morgan fingerprint density at radius 3 is 2.75 bits per heavy atom. The van der Waals surface area contributed by atoms with Crippen molar-refractivity contribution in [2.75, 3.05) is 26.2 Å². The van der Waals surface area contributed by atoms with Crippen LogP contribution in [0.2, 0.25) is 0 Å². The van der Waals surface area contributed by atoms with Crippen LogP contribution in [-0.4, -0.2) is 49.7 Å². The summed E-state index contributed by atoms with van der Waals surface area (Å²) in [7, 11) is -3.46. The maximum absolute atomic E-state index is 12.9. The Kier molecular flexibility index (Phi) is 5.04. The van der Waals surface area contributed by atoms with Gasteiger partial charge in [-0.3, -0.25) is 4.79 Å². The topological polar surface area (TPSA) is 57.7 Å². The van der Waals surface area contributed by atoms with Crippen molar-refractivity contribution in [3.05, 3.63) is 17.5 Å². The zero-order valence-electron chi connectivity index (χ0n) is 14.4. The lowest BCUT2D eigenvalue weighted by molar-refractivity contribution is -0.139. The Morgan fingerprint density at radius 2 is 2.08 bits per heavy atom. The molecule has 1 atom stereocenters. The van der Waals surface area contributed by atoms with Gasteiger partial charge in [0.05, 0.1) is 5.92 Å². The second-order valence-electron chi connectivity index (χ2n) is 7.66. The third kappa shape index (κ3) is 3.68. The highest BCUT2D eigenvalue weighted by molar-refractivity contribution is 7.91. The van der Waals surface area contributed by atoms with E-state index in [-0.39, 0.29) is 17.2 Å². The first-order chi connectivity index (χ1) is 11.3. The fourth-order valence-electron chi connectivity index (χ4n) is 3.77. The van der Waals surface area contributed by atoms with Crippen LogP contribution in [0.25, 0.3) is 0 Å². The molecule has 134 valence electrons. The van der Waals surface area contributed by atoms with Crippen LogP contribution >= 0.6 is 11.3 Å². The van der Waals surface area contributed by atoms with E-state index in [9.17, 15) is 13.2 Å². The van der Waals surface area contributed by atoms with Crippen molar-refractivity contribution in [3.63, 3.8) is 0 Å². The van der Waals surface area contributed by atoms with E-state index in [1.54, 1.807) is 17.5 Å². The fourth-order valence-corrected chi connectivity index (χ4v) is 6.44. The number of rotatable bonds is 3. The summed E-state index contributed by atoms with van der Waals surface area (Å²) < 4.78 is 27.3. The second kappa shape index (κ2) is 6.77. The molecule has 3 rings (SSSR count). The summed E-state index contributed by atoms with van der Waals surface area (Å²) >= 11 is 1.24. The number of likely N-dealkylation sites (tertiary alicyclic amines) is 1. The molecule has 7 heteroatoms. The highest BCUT2D eigenvalue weighted by Crippen LogP contribution is 2.31. The van der Waals surface area contributed by atoms with E-state index in [1.165, 1.54) is 15.6 Å². The van der Waals surface area contributed by atoms with Gasteiger partial charge in [-0.15, -0.1) is 11.3 Å². The average Bonchev–Trinajstić information content (AvgIpc) is 3.08. The minimum absolute atomic E-state index is 0.133. The van der Waals surface area contributed by atoms with E-state index in [1.807, 2.05) is 4.90 Å². The highest BCUT2D eigenvalue weighted by atomic mass is 32.2. The van der Waals surface area contributed by atoms with E-state index < -0.39 is 10.0 Å². The Balaban J connectivity index is 1.70. The van der Waals surface area contributed by atoms with Gasteiger partial charge in [0, 0.05) is 26.2 Å². The molecule has 2 saturated heterocycles. The van der Waals surface area contributed by atoms with Gasteiger partial charge in [0.2, 0.25) is 5.91 Å². The standard InChI is InChI=1S/C17H26N2O3S2/c1-17(2)8-5-9-18(13-17)16(20)14-6-3-10-19(12-14)24(21,22)15-7-4-11-23-15/h4,7,11,14H,3,5-6,8-10,12-13H2,1-2H3/t14-/m1/s1. The summed E-state index contributed by atoms with van der Waals surface area (Å²) in [5.41, 5.74) is 0.158. The normalized spacial score (nSPS) is 25.6. The van der Waals surface area contributed by atoms with E-state index in [0.717, 1.165) is 38.8 Å². The number of hydrogen-bond acceptors (Lipinski definition) is 4. The number of carbonyl (C=O) groups is 1. The molecule has 5 nitrogen and oxygen atoms in total. The summed E-state index contributed by atoms with van der Waals surface area (Å²) in [5.74, 6) is -0.0729. The molecule has 0 bridgehead atoms. The van der Waals surface area contributed by atoms with Crippen LogP contribution in [0, 0.1) is 11.3 Å². The summed E-state index contributed by atoms with van der Waals surface area (Å²) in [6.07, 6.45) is 3.70. The molecule has 2 fully saturated rings. The van der Waals surface area contributed by atoms with Crippen LogP contribution < -0.4 is 0 Å². The predicted octanol–water partition coefficient (Wildman–Crippen LogP) is 2.80. The molecule has 1 aromatic rings. The first kappa shape index (κ1) is 17.9. The molecule has 0 spiro atoms. The van der Waals surface area contributed by atoms with E-state index >= 15 is 0 Å². The quantitative estimate of drug-likeness (QED) is 0.822. The maximum Gasteiger partial charge on any atom is 0.252 e. The third-order valence-corrected chi connectivity index (χ3v) is 8.27. The first-order valence-corrected chi connectivity index (χ1v) is 10.9. The summed E-state index contributed by atoms with van der Waals surface area (Å²) in [6, 6.07) is 3.39. The van der Waals surface area contributed by atoms with Gasteiger partial charge in [0.25, 0.3) is 10.0 Å². The zero-order valence-corrected chi connectivity index (χ0v) is 16.0. The van der Waals surface area contributed by atoms with Gasteiger partial charge in [-0.05, 0) is 42.5 Å². The average molecular weight is 371 g/mol. The van der Waals surface area contributed by atoms with E-state index in [4.69, 9.17) is 0 Å². The number of amides is 1. The molecule has 2 aliphatic heterocycles. The van der Waals surface area contributed by atoms with Gasteiger partial charge in [0.1, 0.15) is 4.21 Å². The second-order valence-corrected chi connectivity index (χ2v) is 10.8. The number of sulfonamides is 1. The lowest BCUT2D eigenvalue weighted by Crippen LogP contribution is -2.50. The minimum Gasteiger partial charge on any atom is -0.342 e. The maximum atomic E-state index is 12.9. The molecule has 0 aliphatic carbocycles. The van der Waals surface area contributed by atoms with Gasteiger partial charge in [-0.1, -0.05) is 19.9 Å². The fraction of sp³-hybridized carbons (Fsp3) is 0.706. The largest absolute Gasteiger partial charge is 0.342 e. The van der Waals surface area contributed by atoms with Crippen molar-refractivity contribution in [2.24, 2.45) is 11.3 Å². The molecule has 24 heavy (non-hydrogen) atoms. The number of piperidine rings is 2. The minimum atomic E-state index is -3.46. The predicted molar refractivity (Wildman–Crippen MR) is 95.4 cm³/mol. The Hall–Kier alpha value is -0.920. The monoisotopic (exact) mass is 370 g/mol. The van der Waals surface area contributed by atoms with E-state index in [0.29, 0.717) is 17.3 Å². The number of carbonyl (C=O) groups excluding carboxylic acids is 1. The summed E-state index contributed by atoms with van der Waals surface area (Å²) in [5, 5.41) is 1.77. The first-order valence-electron chi connectivity index (χ1n) is 8.62. The van der Waals surface area contributed by atoms with Crippen molar-refractivity contribution >= 4 is 27.3 Å². The van der Waals surface area contributed by atoms with E-state index in [2.05, 4.69) is 13.8 Å². The molecule has 2 aliphatic rings. The van der Waals surface area contributed by atoms with Crippen LogP contribution in [0.15, 0.2) is 21.7 Å². The lowest BCUT2D eigenvalue weighted by atomic mass is 9.83. The molecule has 0 unspecified atom stereocenters. The summed E-state index contributed by atoms with van der Waals surface area (Å²) in [4.78, 5) is 14.9. The van der Waals surface area contributed by atoms with Crippen molar-refractivity contribution in [3.8, 4) is 0 Å². The molecule has 1 amide bonds. The molecule has 1 aromatic heterocycles. The van der Waals surface area contributed by atoms with Crippen LogP contribution in [0.3, 0.4) is 0 Å². The van der Waals surface area contributed by atoms with Crippen LogP contribution in [0.1, 0.15) is 39.5 Å². The molecule has 0 radical (unpaired) electrons. The number of hydrogen-bond donors (Lipinski definition) is 0. The van der Waals surface area contributed by atoms with Crippen LogP contribution in [0.4, 0.5) is 0 Å². The Labute approximate surface area is 148 Å². The molecule has 0 aromatic carbocycles. The van der Waals surface area contributed by atoms with Crippen molar-refractivity contribution < 1.29 is 13.2 Å². The van der Waals surface area contributed by atoms with Crippen LogP contribution in [-0.2, 0) is 14.8 Å².